The Bertz CT molecular complexity index is 570. The first-order valence-corrected chi connectivity index (χ1v) is 7.37. The fourth-order valence-corrected chi connectivity index (χ4v) is 2.60. The molecule has 6 heteroatoms. The van der Waals surface area contributed by atoms with Gasteiger partial charge in [0, 0.05) is 5.82 Å². The van der Waals surface area contributed by atoms with Crippen molar-refractivity contribution in [3.63, 3.8) is 0 Å². The number of carboxylic acids is 1. The highest BCUT2D eigenvalue weighted by Gasteiger charge is 2.54. The molecular formula is C16H22BFO4. The van der Waals surface area contributed by atoms with Crippen molar-refractivity contribution < 1.29 is 23.6 Å². The molecule has 0 aliphatic carbocycles. The molecule has 1 N–H and O–H groups in total. The molecule has 1 heterocycles. The molecule has 0 amide bonds. The molecule has 1 aliphatic heterocycles. The minimum absolute atomic E-state index is 0.179. The summed E-state index contributed by atoms with van der Waals surface area (Å²) in [6, 6.07) is 4.37. The molecule has 2 rings (SSSR count). The smallest absolute Gasteiger partial charge is 0.466 e. The van der Waals surface area contributed by atoms with Gasteiger partial charge in [-0.25, -0.2) is 4.39 Å². The molecule has 4 nitrogen and oxygen atoms in total. The van der Waals surface area contributed by atoms with Gasteiger partial charge < -0.3 is 14.4 Å². The molecule has 0 aromatic heterocycles. The lowest BCUT2D eigenvalue weighted by Gasteiger charge is -2.32. The largest absolute Gasteiger partial charge is 0.481 e. The quantitative estimate of drug-likeness (QED) is 0.867. The molecule has 22 heavy (non-hydrogen) atoms. The zero-order chi connectivity index (χ0) is 16.7. The van der Waals surface area contributed by atoms with E-state index < -0.39 is 35.9 Å². The Morgan fingerprint density at radius 1 is 1.27 bits per heavy atom. The number of hydrogen-bond donors (Lipinski definition) is 1. The summed E-state index contributed by atoms with van der Waals surface area (Å²) in [7, 11) is -0.721. The Morgan fingerprint density at radius 3 is 2.32 bits per heavy atom. The average molecular weight is 308 g/mol. The van der Waals surface area contributed by atoms with Gasteiger partial charge in [0.1, 0.15) is 5.82 Å². The third-order valence-electron chi connectivity index (χ3n) is 4.64. The van der Waals surface area contributed by atoms with Crippen molar-refractivity contribution in [2.24, 2.45) is 0 Å². The lowest BCUT2D eigenvalue weighted by molar-refractivity contribution is -0.137. The van der Waals surface area contributed by atoms with E-state index in [0.717, 1.165) is 5.56 Å². The third kappa shape index (κ3) is 3.18. The number of halogens is 1. The van der Waals surface area contributed by atoms with Crippen molar-refractivity contribution in [3.8, 4) is 0 Å². The van der Waals surface area contributed by atoms with Gasteiger partial charge in [-0.2, -0.15) is 0 Å². The average Bonchev–Trinajstić information content (AvgIpc) is 2.58. The van der Waals surface area contributed by atoms with Gasteiger partial charge in [-0.3, -0.25) is 4.79 Å². The van der Waals surface area contributed by atoms with Gasteiger partial charge in [-0.05, 0) is 57.9 Å². The summed E-state index contributed by atoms with van der Waals surface area (Å²) >= 11 is 0. The molecule has 1 fully saturated rings. The SMILES string of the molecule is Cc1ccc(F)cc1C(CC(=O)O)B1OC(C)(C)C(C)(C)O1. The molecule has 0 spiro atoms. The van der Waals surface area contributed by atoms with Crippen LogP contribution in [0.4, 0.5) is 4.39 Å². The van der Waals surface area contributed by atoms with E-state index in [0.29, 0.717) is 5.56 Å². The summed E-state index contributed by atoms with van der Waals surface area (Å²) in [5.41, 5.74) is 0.314. The van der Waals surface area contributed by atoms with E-state index in [1.807, 2.05) is 34.6 Å². The fourth-order valence-electron chi connectivity index (χ4n) is 2.60. The number of aliphatic carboxylic acids is 1. The van der Waals surface area contributed by atoms with Crippen LogP contribution < -0.4 is 0 Å². The molecular weight excluding hydrogens is 286 g/mol. The maximum atomic E-state index is 13.6. The highest BCUT2D eigenvalue weighted by Crippen LogP contribution is 2.42. The van der Waals surface area contributed by atoms with Gasteiger partial charge in [-0.1, -0.05) is 6.07 Å². The molecule has 1 aromatic rings. The van der Waals surface area contributed by atoms with Gasteiger partial charge in [-0.15, -0.1) is 0 Å². The highest BCUT2D eigenvalue weighted by molar-refractivity contribution is 6.48. The van der Waals surface area contributed by atoms with Crippen LogP contribution in [0.1, 0.15) is 51.1 Å². The van der Waals surface area contributed by atoms with Gasteiger partial charge in [0.05, 0.1) is 17.6 Å². The predicted molar refractivity (Wildman–Crippen MR) is 82.2 cm³/mol. The second kappa shape index (κ2) is 5.67. The summed E-state index contributed by atoms with van der Waals surface area (Å²) in [5, 5.41) is 9.22. The van der Waals surface area contributed by atoms with Crippen LogP contribution >= 0.6 is 0 Å². The number of carbonyl (C=O) groups is 1. The zero-order valence-corrected chi connectivity index (χ0v) is 13.6. The van der Waals surface area contributed by atoms with Crippen molar-refractivity contribution in [3.05, 3.63) is 35.1 Å². The predicted octanol–water partition coefficient (Wildman–Crippen LogP) is 3.32. The van der Waals surface area contributed by atoms with E-state index in [1.54, 1.807) is 6.07 Å². The van der Waals surface area contributed by atoms with Gasteiger partial charge in [0.25, 0.3) is 0 Å². The molecule has 0 bridgehead atoms. The van der Waals surface area contributed by atoms with E-state index in [-0.39, 0.29) is 6.42 Å². The first kappa shape index (κ1) is 17.0. The summed E-state index contributed by atoms with van der Waals surface area (Å²) < 4.78 is 25.5. The van der Waals surface area contributed by atoms with Crippen molar-refractivity contribution in [2.45, 2.75) is 58.1 Å². The second-order valence-electron chi connectivity index (χ2n) is 6.83. The highest BCUT2D eigenvalue weighted by atomic mass is 19.1. The van der Waals surface area contributed by atoms with Gasteiger partial charge in [0.15, 0.2) is 0 Å². The lowest BCUT2D eigenvalue weighted by atomic mass is 9.65. The maximum Gasteiger partial charge on any atom is 0.466 e. The van der Waals surface area contributed by atoms with Crippen molar-refractivity contribution >= 4 is 13.1 Å². The first-order chi connectivity index (χ1) is 10.0. The van der Waals surface area contributed by atoms with Crippen LogP contribution in [0.2, 0.25) is 0 Å². The topological polar surface area (TPSA) is 55.8 Å². The van der Waals surface area contributed by atoms with Crippen LogP contribution in [0.5, 0.6) is 0 Å². The van der Waals surface area contributed by atoms with E-state index in [2.05, 4.69) is 0 Å². The molecule has 1 unspecified atom stereocenters. The molecule has 0 saturated carbocycles. The Morgan fingerprint density at radius 2 is 1.82 bits per heavy atom. The summed E-state index contributed by atoms with van der Waals surface area (Å²) in [5.74, 6) is -1.93. The van der Waals surface area contributed by atoms with Gasteiger partial charge in [0.2, 0.25) is 0 Å². The Kier molecular flexibility index (Phi) is 4.37. The van der Waals surface area contributed by atoms with Gasteiger partial charge >= 0.3 is 13.1 Å². The van der Waals surface area contributed by atoms with Crippen LogP contribution in [0, 0.1) is 12.7 Å². The first-order valence-electron chi connectivity index (χ1n) is 7.37. The minimum Gasteiger partial charge on any atom is -0.481 e. The second-order valence-corrected chi connectivity index (χ2v) is 6.83. The van der Waals surface area contributed by atoms with Crippen LogP contribution in [0.15, 0.2) is 18.2 Å². The van der Waals surface area contributed by atoms with Crippen molar-refractivity contribution in [2.75, 3.05) is 0 Å². The lowest BCUT2D eigenvalue weighted by Crippen LogP contribution is -2.41. The Hall–Kier alpha value is -1.40. The normalized spacial score (nSPS) is 20.9. The van der Waals surface area contributed by atoms with E-state index in [9.17, 15) is 14.3 Å². The van der Waals surface area contributed by atoms with Crippen LogP contribution in [-0.4, -0.2) is 29.4 Å². The van der Waals surface area contributed by atoms with Crippen LogP contribution in [-0.2, 0) is 14.1 Å². The summed E-state index contributed by atoms with van der Waals surface area (Å²) in [6.45, 7) is 9.45. The number of hydrogen-bond acceptors (Lipinski definition) is 3. The number of benzene rings is 1. The number of rotatable bonds is 4. The Labute approximate surface area is 130 Å². The van der Waals surface area contributed by atoms with E-state index in [4.69, 9.17) is 9.31 Å². The van der Waals surface area contributed by atoms with Crippen molar-refractivity contribution in [1.29, 1.82) is 0 Å². The van der Waals surface area contributed by atoms with Crippen molar-refractivity contribution in [1.82, 2.24) is 0 Å². The minimum atomic E-state index is -0.969. The summed E-state index contributed by atoms with van der Waals surface area (Å²) in [4.78, 5) is 11.3. The summed E-state index contributed by atoms with van der Waals surface area (Å²) in [6.07, 6.45) is -0.179. The fraction of sp³-hybridized carbons (Fsp3) is 0.562. The van der Waals surface area contributed by atoms with Crippen LogP contribution in [0.25, 0.3) is 0 Å². The van der Waals surface area contributed by atoms with Crippen LogP contribution in [0.3, 0.4) is 0 Å². The molecule has 0 radical (unpaired) electrons. The maximum absolute atomic E-state index is 13.6. The Balaban J connectivity index is 2.40. The molecule has 1 saturated heterocycles. The zero-order valence-electron chi connectivity index (χ0n) is 13.6. The number of aryl methyl sites for hydroxylation is 1. The molecule has 1 aromatic carbocycles. The molecule has 120 valence electrons. The monoisotopic (exact) mass is 308 g/mol. The number of carboxylic acid groups (broad SMARTS) is 1. The van der Waals surface area contributed by atoms with E-state index >= 15 is 0 Å². The third-order valence-corrected chi connectivity index (χ3v) is 4.64. The molecule has 1 aliphatic rings. The molecule has 1 atom stereocenters. The van der Waals surface area contributed by atoms with E-state index in [1.165, 1.54) is 12.1 Å². The standard InChI is InChI=1S/C16H22BFO4/c1-10-6-7-11(18)8-12(10)13(9-14(19)20)17-21-15(2,3)16(4,5)22-17/h6-8,13H,9H2,1-5H3,(H,19,20).